The molecule has 1 aliphatic heterocycles. The van der Waals surface area contributed by atoms with Crippen LogP contribution in [0.25, 0.3) is 10.8 Å². The van der Waals surface area contributed by atoms with Crippen molar-refractivity contribution in [3.63, 3.8) is 0 Å². The summed E-state index contributed by atoms with van der Waals surface area (Å²) >= 11 is 0. The van der Waals surface area contributed by atoms with Crippen molar-refractivity contribution in [2.45, 2.75) is 62.9 Å². The first-order valence-corrected chi connectivity index (χ1v) is 14.2. The molecule has 8 heteroatoms. The van der Waals surface area contributed by atoms with Gasteiger partial charge < -0.3 is 10.6 Å². The molecule has 7 nitrogen and oxygen atoms in total. The number of fused-ring (bicyclic) bond motifs is 1. The third-order valence-corrected chi connectivity index (χ3v) is 8.83. The number of carbonyl (C=O) groups is 2. The van der Waals surface area contributed by atoms with Crippen LogP contribution in [0.4, 0.5) is 0 Å². The Morgan fingerprint density at radius 3 is 2.22 bits per heavy atom. The second-order valence-corrected chi connectivity index (χ2v) is 12.0. The zero-order valence-corrected chi connectivity index (χ0v) is 22.4. The van der Waals surface area contributed by atoms with Gasteiger partial charge in [0.15, 0.2) is 0 Å². The average molecular weight is 522 g/mol. The lowest BCUT2D eigenvalue weighted by atomic mass is 9.98. The highest BCUT2D eigenvalue weighted by Gasteiger charge is 2.31. The molecule has 0 unspecified atom stereocenters. The molecule has 0 radical (unpaired) electrons. The van der Waals surface area contributed by atoms with Crippen molar-refractivity contribution in [3.8, 4) is 0 Å². The van der Waals surface area contributed by atoms with Gasteiger partial charge in [0, 0.05) is 32.5 Å². The minimum absolute atomic E-state index is 0.157. The highest BCUT2D eigenvalue weighted by molar-refractivity contribution is 7.89. The first-order chi connectivity index (χ1) is 17.6. The van der Waals surface area contributed by atoms with Gasteiger partial charge in [0.1, 0.15) is 6.04 Å². The zero-order chi connectivity index (χ0) is 26.6. The summed E-state index contributed by atoms with van der Waals surface area (Å²) < 4.78 is 28.0. The zero-order valence-electron chi connectivity index (χ0n) is 21.6. The average Bonchev–Trinajstić information content (AvgIpc) is 2.88. The van der Waals surface area contributed by atoms with Crippen LogP contribution in [0.1, 0.15) is 50.7 Å². The largest absolute Gasteiger partial charge is 0.351 e. The number of rotatable bonds is 8. The number of amides is 2. The molecule has 1 saturated heterocycles. The van der Waals surface area contributed by atoms with Gasteiger partial charge in [-0.3, -0.25) is 9.59 Å². The third kappa shape index (κ3) is 6.56. The van der Waals surface area contributed by atoms with Gasteiger partial charge in [-0.15, -0.1) is 0 Å². The molecule has 0 spiro atoms. The van der Waals surface area contributed by atoms with Crippen molar-refractivity contribution in [1.29, 1.82) is 0 Å². The number of sulfonamides is 1. The number of hydrogen-bond acceptors (Lipinski definition) is 4. The molecule has 1 atom stereocenters. The molecule has 196 valence electrons. The fourth-order valence-electron chi connectivity index (χ4n) is 4.75. The smallest absolute Gasteiger partial charge is 0.243 e. The topological polar surface area (TPSA) is 95.6 Å². The fourth-order valence-corrected chi connectivity index (χ4v) is 6.25. The Labute approximate surface area is 219 Å². The summed E-state index contributed by atoms with van der Waals surface area (Å²) in [5.74, 6) is -0.103. The lowest BCUT2D eigenvalue weighted by Gasteiger charge is -2.32. The Kier molecular flexibility index (Phi) is 8.29. The summed E-state index contributed by atoms with van der Waals surface area (Å²) in [6.45, 7) is 6.29. The van der Waals surface area contributed by atoms with Crippen LogP contribution in [-0.4, -0.2) is 49.7 Å². The third-order valence-electron chi connectivity index (χ3n) is 6.94. The van der Waals surface area contributed by atoms with E-state index in [0.717, 1.165) is 16.3 Å². The van der Waals surface area contributed by atoms with Gasteiger partial charge in [-0.25, -0.2) is 8.42 Å². The fraction of sp³-hybridized carbons (Fsp3) is 0.379. The van der Waals surface area contributed by atoms with E-state index in [1.807, 2.05) is 42.5 Å². The molecular formula is C29H35N3O4S. The SMILES string of the molecule is CC(=O)N[C@@H](Cc1ccc(C(C)C)cc1)C(=O)NC1CCN(S(=O)(=O)c2ccc3ccccc3c2)CC1. The molecular weight excluding hydrogens is 486 g/mol. The van der Waals surface area contributed by atoms with Crippen LogP contribution in [0.3, 0.4) is 0 Å². The molecule has 3 aromatic carbocycles. The molecule has 2 amide bonds. The van der Waals surface area contributed by atoms with E-state index < -0.39 is 16.1 Å². The van der Waals surface area contributed by atoms with Gasteiger partial charge >= 0.3 is 0 Å². The predicted octanol–water partition coefficient (Wildman–Crippen LogP) is 3.98. The predicted molar refractivity (Wildman–Crippen MR) is 146 cm³/mol. The van der Waals surface area contributed by atoms with E-state index >= 15 is 0 Å². The van der Waals surface area contributed by atoms with Gasteiger partial charge in [0.25, 0.3) is 0 Å². The molecule has 37 heavy (non-hydrogen) atoms. The van der Waals surface area contributed by atoms with Crippen molar-refractivity contribution >= 4 is 32.6 Å². The standard InChI is InChI=1S/C29H35N3O4S/c1-20(2)23-10-8-22(9-11-23)18-28(30-21(3)33)29(34)31-26-14-16-32(17-15-26)37(35,36)27-13-12-24-6-4-5-7-25(24)19-27/h4-13,19-20,26,28H,14-18H2,1-3H3,(H,30,33)(H,31,34)/t28-/m0/s1. The van der Waals surface area contributed by atoms with Crippen molar-refractivity contribution in [3.05, 3.63) is 77.9 Å². The lowest BCUT2D eigenvalue weighted by Crippen LogP contribution is -2.53. The Morgan fingerprint density at radius 2 is 1.59 bits per heavy atom. The number of nitrogens with one attached hydrogen (secondary N) is 2. The van der Waals surface area contributed by atoms with Crippen LogP contribution < -0.4 is 10.6 Å². The highest BCUT2D eigenvalue weighted by atomic mass is 32.2. The molecule has 0 aliphatic carbocycles. The van der Waals surface area contributed by atoms with E-state index in [0.29, 0.717) is 38.3 Å². The minimum Gasteiger partial charge on any atom is -0.351 e. The first kappa shape index (κ1) is 26.8. The summed E-state index contributed by atoms with van der Waals surface area (Å²) in [6.07, 6.45) is 1.40. The van der Waals surface area contributed by atoms with Crippen LogP contribution in [-0.2, 0) is 26.0 Å². The molecule has 3 aromatic rings. The Balaban J connectivity index is 1.37. The van der Waals surface area contributed by atoms with Crippen LogP contribution in [0.15, 0.2) is 71.6 Å². The summed E-state index contributed by atoms with van der Waals surface area (Å²) in [5, 5.41) is 7.68. The maximum atomic E-state index is 13.2. The van der Waals surface area contributed by atoms with Gasteiger partial charge in [-0.05, 0) is 52.8 Å². The molecule has 1 heterocycles. The van der Waals surface area contributed by atoms with Crippen molar-refractivity contribution in [2.75, 3.05) is 13.1 Å². The Morgan fingerprint density at radius 1 is 0.946 bits per heavy atom. The molecule has 0 bridgehead atoms. The number of nitrogens with zero attached hydrogens (tertiary/aromatic N) is 1. The van der Waals surface area contributed by atoms with Gasteiger partial charge in [-0.1, -0.05) is 68.4 Å². The van der Waals surface area contributed by atoms with Crippen LogP contribution in [0.2, 0.25) is 0 Å². The molecule has 1 aliphatic rings. The van der Waals surface area contributed by atoms with Crippen molar-refractivity contribution in [1.82, 2.24) is 14.9 Å². The summed E-state index contributed by atoms with van der Waals surface area (Å²) in [5.41, 5.74) is 2.18. The van der Waals surface area contributed by atoms with Gasteiger partial charge in [-0.2, -0.15) is 4.31 Å². The van der Waals surface area contributed by atoms with E-state index in [1.54, 1.807) is 12.1 Å². The molecule has 0 saturated carbocycles. The summed E-state index contributed by atoms with van der Waals surface area (Å²) in [6, 6.07) is 20.1. The minimum atomic E-state index is -3.62. The highest BCUT2D eigenvalue weighted by Crippen LogP contribution is 2.24. The normalized spacial score (nSPS) is 16.0. The maximum absolute atomic E-state index is 13.2. The number of hydrogen-bond donors (Lipinski definition) is 2. The molecule has 4 rings (SSSR count). The van der Waals surface area contributed by atoms with E-state index in [1.165, 1.54) is 16.8 Å². The summed E-state index contributed by atoms with van der Waals surface area (Å²) in [4.78, 5) is 25.2. The first-order valence-electron chi connectivity index (χ1n) is 12.8. The van der Waals surface area contributed by atoms with Crippen molar-refractivity contribution < 1.29 is 18.0 Å². The van der Waals surface area contributed by atoms with Crippen LogP contribution in [0, 0.1) is 0 Å². The number of carbonyl (C=O) groups excluding carboxylic acids is 2. The second-order valence-electron chi connectivity index (χ2n) is 10.0. The Bertz CT molecular complexity index is 1360. The van der Waals surface area contributed by atoms with E-state index in [4.69, 9.17) is 0 Å². The monoisotopic (exact) mass is 521 g/mol. The van der Waals surface area contributed by atoms with Crippen LogP contribution in [0.5, 0.6) is 0 Å². The maximum Gasteiger partial charge on any atom is 0.243 e. The lowest BCUT2D eigenvalue weighted by molar-refractivity contribution is -0.128. The van der Waals surface area contributed by atoms with Gasteiger partial charge in [0.2, 0.25) is 21.8 Å². The van der Waals surface area contributed by atoms with E-state index in [-0.39, 0.29) is 22.8 Å². The Hall–Kier alpha value is -3.23. The summed E-state index contributed by atoms with van der Waals surface area (Å²) in [7, 11) is -3.62. The van der Waals surface area contributed by atoms with Crippen LogP contribution >= 0.6 is 0 Å². The quantitative estimate of drug-likeness (QED) is 0.469. The number of benzene rings is 3. The van der Waals surface area contributed by atoms with E-state index in [9.17, 15) is 18.0 Å². The second kappa shape index (κ2) is 11.4. The van der Waals surface area contributed by atoms with Gasteiger partial charge in [0.05, 0.1) is 4.90 Å². The van der Waals surface area contributed by atoms with E-state index in [2.05, 4.69) is 36.6 Å². The molecule has 1 fully saturated rings. The number of piperidine rings is 1. The molecule has 2 N–H and O–H groups in total. The van der Waals surface area contributed by atoms with Crippen molar-refractivity contribution in [2.24, 2.45) is 0 Å². The molecule has 0 aromatic heterocycles.